The van der Waals surface area contributed by atoms with Crippen LogP contribution in [-0.4, -0.2) is 32.7 Å². The fourth-order valence-corrected chi connectivity index (χ4v) is 3.35. The molecule has 36 heavy (non-hydrogen) atoms. The lowest BCUT2D eigenvalue weighted by Crippen LogP contribution is -2.14. The van der Waals surface area contributed by atoms with Crippen LogP contribution in [0.5, 0.6) is 0 Å². The van der Waals surface area contributed by atoms with Crippen molar-refractivity contribution >= 4 is 33.9 Å². The molecule has 0 aliphatic heterocycles. The summed E-state index contributed by atoms with van der Waals surface area (Å²) >= 11 is 0. The zero-order valence-corrected chi connectivity index (χ0v) is 19.5. The van der Waals surface area contributed by atoms with Gasteiger partial charge in [0.1, 0.15) is 11.6 Å². The number of aromatic nitrogens is 4. The molecule has 0 unspecified atom stereocenters. The third kappa shape index (κ3) is 5.73. The van der Waals surface area contributed by atoms with Gasteiger partial charge in [-0.05, 0) is 19.4 Å². The van der Waals surface area contributed by atoms with E-state index in [1.807, 2.05) is 6.92 Å². The maximum Gasteiger partial charge on any atom is 0.417 e. The van der Waals surface area contributed by atoms with Gasteiger partial charge in [0.25, 0.3) is 0 Å². The molecule has 0 saturated carbocycles. The van der Waals surface area contributed by atoms with Crippen molar-refractivity contribution in [1.29, 1.82) is 0 Å². The first-order valence-electron chi connectivity index (χ1n) is 10.9. The topological polar surface area (TPSA) is 75.6 Å². The van der Waals surface area contributed by atoms with E-state index in [-0.39, 0.29) is 45.3 Å². The highest BCUT2D eigenvalue weighted by Crippen LogP contribution is 2.35. The molecule has 11 heteroatoms. The van der Waals surface area contributed by atoms with E-state index in [0.717, 1.165) is 24.3 Å². The van der Waals surface area contributed by atoms with Crippen LogP contribution in [0.15, 0.2) is 61.5 Å². The summed E-state index contributed by atoms with van der Waals surface area (Å²) in [6, 6.07) is 1.81. The van der Waals surface area contributed by atoms with Gasteiger partial charge in [0, 0.05) is 41.8 Å². The van der Waals surface area contributed by atoms with Gasteiger partial charge in [-0.25, -0.2) is 28.7 Å². The quantitative estimate of drug-likeness (QED) is 0.251. The van der Waals surface area contributed by atoms with E-state index >= 15 is 0 Å². The van der Waals surface area contributed by atoms with Gasteiger partial charge < -0.3 is 10.6 Å². The molecular weight excluding hydrogens is 479 g/mol. The van der Waals surface area contributed by atoms with Crippen LogP contribution in [0.3, 0.4) is 0 Å². The minimum absolute atomic E-state index is 0.00564. The summed E-state index contributed by atoms with van der Waals surface area (Å²) < 4.78 is 69.8. The second kappa shape index (κ2) is 11.1. The molecule has 6 nitrogen and oxygen atoms in total. The maximum atomic E-state index is 14.5. The summed E-state index contributed by atoms with van der Waals surface area (Å²) in [6.07, 6.45) is 1.74. The van der Waals surface area contributed by atoms with Crippen molar-refractivity contribution in [3.05, 3.63) is 84.5 Å². The van der Waals surface area contributed by atoms with Crippen LogP contribution in [-0.2, 0) is 0 Å². The predicted octanol–water partition coefficient (Wildman–Crippen LogP) is 6.68. The normalized spacial score (nSPS) is 12.5. The highest BCUT2D eigenvalue weighted by molar-refractivity contribution is 5.91. The van der Waals surface area contributed by atoms with Crippen LogP contribution in [0.25, 0.3) is 22.4 Å². The predicted molar refractivity (Wildman–Crippen MR) is 131 cm³/mol. The Labute approximate surface area is 204 Å². The second-order valence-electron chi connectivity index (χ2n) is 7.49. The lowest BCUT2D eigenvalue weighted by atomic mass is 10.1. The van der Waals surface area contributed by atoms with Crippen LogP contribution < -0.4 is 10.6 Å². The highest BCUT2D eigenvalue weighted by atomic mass is 19.4. The summed E-state index contributed by atoms with van der Waals surface area (Å²) in [4.78, 5) is 16.6. The number of anilines is 2. The SMILES string of the molecule is C=C/C(=C(\C=C/C)C(F)(F)F)c1nc(NC(=C)c2cc(F)cc(F)c2NCCC)c2nccnc2n1. The molecule has 0 atom stereocenters. The van der Waals surface area contributed by atoms with E-state index in [1.54, 1.807) is 0 Å². The third-order valence-electron chi connectivity index (χ3n) is 4.91. The Hall–Kier alpha value is -4.15. The number of nitrogens with one attached hydrogen (secondary N) is 2. The molecule has 1 aromatic carbocycles. The molecule has 188 valence electrons. The van der Waals surface area contributed by atoms with E-state index in [4.69, 9.17) is 0 Å². The zero-order chi connectivity index (χ0) is 26.5. The Bertz CT molecular complexity index is 1360. The summed E-state index contributed by atoms with van der Waals surface area (Å²) in [6.45, 7) is 11.1. The van der Waals surface area contributed by atoms with Crippen molar-refractivity contribution < 1.29 is 22.0 Å². The summed E-state index contributed by atoms with van der Waals surface area (Å²) in [5.74, 6) is -2.04. The molecule has 0 radical (unpaired) electrons. The minimum Gasteiger partial charge on any atom is -0.382 e. The van der Waals surface area contributed by atoms with Gasteiger partial charge in [-0.15, -0.1) is 0 Å². The Morgan fingerprint density at radius 3 is 2.47 bits per heavy atom. The average Bonchev–Trinajstić information content (AvgIpc) is 2.82. The van der Waals surface area contributed by atoms with Crippen LogP contribution in [0, 0.1) is 11.6 Å². The number of hydrogen-bond acceptors (Lipinski definition) is 6. The highest BCUT2D eigenvalue weighted by Gasteiger charge is 2.35. The molecule has 2 heterocycles. The number of hydrogen-bond donors (Lipinski definition) is 2. The Balaban J connectivity index is 2.19. The smallest absolute Gasteiger partial charge is 0.382 e. The molecule has 0 saturated heterocycles. The molecule has 0 bridgehead atoms. The molecule has 2 aromatic heterocycles. The Morgan fingerprint density at radius 2 is 1.83 bits per heavy atom. The first kappa shape index (κ1) is 26.5. The van der Waals surface area contributed by atoms with Crippen LogP contribution in [0.4, 0.5) is 33.5 Å². The number of nitrogens with zero attached hydrogens (tertiary/aromatic N) is 4. The van der Waals surface area contributed by atoms with Crippen molar-refractivity contribution in [3.8, 4) is 0 Å². The zero-order valence-electron chi connectivity index (χ0n) is 19.5. The number of benzene rings is 1. The first-order valence-corrected chi connectivity index (χ1v) is 10.9. The van der Waals surface area contributed by atoms with E-state index in [0.29, 0.717) is 13.0 Å². The fourth-order valence-electron chi connectivity index (χ4n) is 3.35. The van der Waals surface area contributed by atoms with Crippen LogP contribution in [0.2, 0.25) is 0 Å². The van der Waals surface area contributed by atoms with Gasteiger partial charge in [0.2, 0.25) is 0 Å². The monoisotopic (exact) mass is 502 g/mol. The molecule has 3 aromatic rings. The third-order valence-corrected chi connectivity index (χ3v) is 4.91. The van der Waals surface area contributed by atoms with Crippen LogP contribution in [0.1, 0.15) is 31.7 Å². The molecule has 3 rings (SSSR count). The van der Waals surface area contributed by atoms with Gasteiger partial charge in [0.05, 0.1) is 11.3 Å². The van der Waals surface area contributed by atoms with Gasteiger partial charge in [-0.2, -0.15) is 13.2 Å². The summed E-state index contributed by atoms with van der Waals surface area (Å²) in [7, 11) is 0. The van der Waals surface area contributed by atoms with Gasteiger partial charge in [-0.3, -0.25) is 0 Å². The lowest BCUT2D eigenvalue weighted by Gasteiger charge is -2.17. The molecule has 0 aliphatic rings. The lowest BCUT2D eigenvalue weighted by molar-refractivity contribution is -0.0876. The molecular formula is C25H23F5N6. The second-order valence-corrected chi connectivity index (χ2v) is 7.49. The summed E-state index contributed by atoms with van der Waals surface area (Å²) in [5.41, 5.74) is -1.17. The number of allylic oxidation sites excluding steroid dienone is 5. The molecule has 2 N–H and O–H groups in total. The molecule has 0 spiro atoms. The van der Waals surface area contributed by atoms with E-state index in [9.17, 15) is 22.0 Å². The van der Waals surface area contributed by atoms with Crippen molar-refractivity contribution in [2.45, 2.75) is 26.4 Å². The van der Waals surface area contributed by atoms with Gasteiger partial charge in [0.15, 0.2) is 22.8 Å². The standard InChI is InChI=1S/C25H23F5N6/c1-5-8-18(25(28,29)30)16(7-3)22-35-23-21(32-10-11-33-23)24(36-22)34-14(4)17-12-15(26)13-19(27)20(17)31-9-6-2/h5,7-8,10-13,31H,3-4,6,9H2,1-2H3,(H,33,34,35,36)/b8-5-,18-16-. The van der Waals surface area contributed by atoms with Crippen molar-refractivity contribution in [2.75, 3.05) is 17.2 Å². The molecule has 0 fully saturated rings. The van der Waals surface area contributed by atoms with Crippen LogP contribution >= 0.6 is 0 Å². The number of rotatable bonds is 9. The van der Waals surface area contributed by atoms with Crippen molar-refractivity contribution in [2.24, 2.45) is 0 Å². The number of fused-ring (bicyclic) bond motifs is 1. The minimum atomic E-state index is -4.72. The summed E-state index contributed by atoms with van der Waals surface area (Å²) in [5, 5.41) is 5.71. The Kier molecular flexibility index (Phi) is 8.13. The maximum absolute atomic E-state index is 14.5. The Morgan fingerprint density at radius 1 is 1.11 bits per heavy atom. The van der Waals surface area contributed by atoms with E-state index < -0.39 is 23.4 Å². The average molecular weight is 502 g/mol. The first-order chi connectivity index (χ1) is 17.1. The van der Waals surface area contributed by atoms with Gasteiger partial charge in [-0.1, -0.05) is 38.3 Å². The number of alkyl halides is 3. The largest absolute Gasteiger partial charge is 0.417 e. The van der Waals surface area contributed by atoms with Crippen molar-refractivity contribution in [1.82, 2.24) is 19.9 Å². The van der Waals surface area contributed by atoms with Crippen molar-refractivity contribution in [3.63, 3.8) is 0 Å². The van der Waals surface area contributed by atoms with E-state index in [1.165, 1.54) is 25.4 Å². The van der Waals surface area contributed by atoms with E-state index in [2.05, 4.69) is 43.7 Å². The fraction of sp³-hybridized carbons (Fsp3) is 0.200. The number of halogens is 5. The van der Waals surface area contributed by atoms with Gasteiger partial charge >= 0.3 is 6.18 Å². The molecule has 0 amide bonds. The molecule has 0 aliphatic carbocycles.